The summed E-state index contributed by atoms with van der Waals surface area (Å²) in [5.74, 6) is -1.55. The molecule has 1 saturated heterocycles. The van der Waals surface area contributed by atoms with Crippen molar-refractivity contribution in [2.45, 2.75) is 76.3 Å². The average Bonchev–Trinajstić information content (AvgIpc) is 3.26. The van der Waals surface area contributed by atoms with Crippen LogP contribution in [0.25, 0.3) is 0 Å². The maximum absolute atomic E-state index is 14.3. The number of nitrogens with zero attached hydrogens (tertiary/aromatic N) is 4. The predicted octanol–water partition coefficient (Wildman–Crippen LogP) is 2.86. The van der Waals surface area contributed by atoms with E-state index in [2.05, 4.69) is 20.1 Å². The molecule has 1 aromatic rings. The van der Waals surface area contributed by atoms with Crippen LogP contribution in [0.2, 0.25) is 0 Å². The number of aromatic nitrogens is 3. The van der Waals surface area contributed by atoms with E-state index < -0.39 is 11.8 Å². The quantitative estimate of drug-likeness (QED) is 0.875. The van der Waals surface area contributed by atoms with Gasteiger partial charge in [-0.15, -0.1) is 10.2 Å². The lowest BCUT2D eigenvalue weighted by Gasteiger charge is -2.35. The summed E-state index contributed by atoms with van der Waals surface area (Å²) in [5.41, 5.74) is 0. The van der Waals surface area contributed by atoms with E-state index in [1.165, 1.54) is 12.8 Å². The van der Waals surface area contributed by atoms with Gasteiger partial charge in [0.1, 0.15) is 5.82 Å². The van der Waals surface area contributed by atoms with Gasteiger partial charge in [-0.2, -0.15) is 0 Å². The number of nitrogens with one attached hydrogen (secondary N) is 1. The van der Waals surface area contributed by atoms with Gasteiger partial charge >= 0.3 is 0 Å². The first-order valence-electron chi connectivity index (χ1n) is 10.3. The fourth-order valence-electron chi connectivity index (χ4n) is 4.88. The molecular weight excluding hydrogens is 352 g/mol. The largest absolute Gasteiger partial charge is 0.331 e. The van der Waals surface area contributed by atoms with Crippen LogP contribution in [0.15, 0.2) is 0 Å². The maximum atomic E-state index is 14.3. The Morgan fingerprint density at radius 1 is 1.15 bits per heavy atom. The third-order valence-corrected chi connectivity index (χ3v) is 6.58. The number of carbonyl (C=O) groups is 1. The van der Waals surface area contributed by atoms with Crippen LogP contribution in [-0.2, 0) is 11.3 Å². The van der Waals surface area contributed by atoms with E-state index in [1.54, 1.807) is 4.90 Å². The van der Waals surface area contributed by atoms with Crippen LogP contribution in [-0.4, -0.2) is 51.1 Å². The van der Waals surface area contributed by atoms with Crippen molar-refractivity contribution in [2.75, 3.05) is 19.6 Å². The summed E-state index contributed by atoms with van der Waals surface area (Å²) in [4.78, 5) is 14.6. The van der Waals surface area contributed by atoms with Gasteiger partial charge in [-0.3, -0.25) is 4.79 Å². The smallest absolute Gasteiger partial charge is 0.252 e. The Bertz CT molecular complexity index is 686. The van der Waals surface area contributed by atoms with Crippen molar-refractivity contribution in [3.05, 3.63) is 11.6 Å². The van der Waals surface area contributed by atoms with Gasteiger partial charge in [0.05, 0.1) is 6.04 Å². The van der Waals surface area contributed by atoms with Crippen molar-refractivity contribution in [2.24, 2.45) is 5.92 Å². The molecule has 0 radical (unpaired) electrons. The number of fused-ring (bicyclic) bond motifs is 1. The molecule has 1 saturated carbocycles. The molecule has 150 valence electrons. The van der Waals surface area contributed by atoms with E-state index in [4.69, 9.17) is 0 Å². The molecule has 2 fully saturated rings. The minimum absolute atomic E-state index is 0.0946. The zero-order chi connectivity index (χ0) is 19.0. The molecule has 8 heteroatoms. The summed E-state index contributed by atoms with van der Waals surface area (Å²) in [7, 11) is 0. The average molecular weight is 381 g/mol. The normalized spacial score (nSPS) is 28.8. The van der Waals surface area contributed by atoms with Crippen molar-refractivity contribution in [1.29, 1.82) is 0 Å². The molecule has 2 aliphatic heterocycles. The zero-order valence-corrected chi connectivity index (χ0v) is 16.0. The number of amides is 1. The SMILES string of the molecule is CC1c2nnc(C3CCCC3)n2CCN1C(=O)CC1CCNCCC1(F)F. The van der Waals surface area contributed by atoms with Gasteiger partial charge < -0.3 is 14.8 Å². The van der Waals surface area contributed by atoms with Crippen LogP contribution in [0.5, 0.6) is 0 Å². The lowest BCUT2D eigenvalue weighted by Crippen LogP contribution is -2.43. The molecule has 1 N–H and O–H groups in total. The van der Waals surface area contributed by atoms with Crippen molar-refractivity contribution >= 4 is 5.91 Å². The highest BCUT2D eigenvalue weighted by Gasteiger charge is 2.43. The first-order chi connectivity index (χ1) is 13.0. The first kappa shape index (κ1) is 18.8. The highest BCUT2D eigenvalue weighted by Crippen LogP contribution is 2.38. The van der Waals surface area contributed by atoms with Gasteiger partial charge in [0, 0.05) is 44.3 Å². The van der Waals surface area contributed by atoms with Crippen LogP contribution in [0.4, 0.5) is 8.78 Å². The Labute approximate surface area is 158 Å². The second-order valence-corrected chi connectivity index (χ2v) is 8.26. The standard InChI is InChI=1S/C19H29F2N5O/c1-13-17-23-24-18(14-4-2-3-5-14)26(17)11-10-25(13)16(27)12-15-6-8-22-9-7-19(15,20)21/h13-15,22H,2-12H2,1H3. The Balaban J connectivity index is 1.46. The molecular formula is C19H29F2N5O. The molecule has 2 atom stereocenters. The molecule has 2 unspecified atom stereocenters. The molecule has 0 aromatic carbocycles. The summed E-state index contributed by atoms with van der Waals surface area (Å²) in [6.45, 7) is 3.99. The summed E-state index contributed by atoms with van der Waals surface area (Å²) in [6.07, 6.45) is 4.82. The van der Waals surface area contributed by atoms with E-state index in [9.17, 15) is 13.6 Å². The van der Waals surface area contributed by atoms with Gasteiger partial charge in [-0.1, -0.05) is 12.8 Å². The molecule has 1 amide bonds. The molecule has 1 aliphatic carbocycles. The molecule has 1 aromatic heterocycles. The monoisotopic (exact) mass is 381 g/mol. The Morgan fingerprint density at radius 3 is 2.67 bits per heavy atom. The molecule has 27 heavy (non-hydrogen) atoms. The number of rotatable bonds is 3. The maximum Gasteiger partial charge on any atom is 0.252 e. The second-order valence-electron chi connectivity index (χ2n) is 8.26. The van der Waals surface area contributed by atoms with Crippen molar-refractivity contribution < 1.29 is 13.6 Å². The Hall–Kier alpha value is -1.57. The lowest BCUT2D eigenvalue weighted by molar-refractivity contribution is -0.140. The third kappa shape index (κ3) is 3.60. The molecule has 3 aliphatic rings. The topological polar surface area (TPSA) is 63.1 Å². The fourth-order valence-corrected chi connectivity index (χ4v) is 4.88. The van der Waals surface area contributed by atoms with Gasteiger partial charge in [0.15, 0.2) is 5.82 Å². The van der Waals surface area contributed by atoms with Crippen LogP contribution < -0.4 is 5.32 Å². The minimum atomic E-state index is -2.78. The second kappa shape index (κ2) is 7.45. The highest BCUT2D eigenvalue weighted by molar-refractivity contribution is 5.77. The van der Waals surface area contributed by atoms with Crippen molar-refractivity contribution in [1.82, 2.24) is 25.0 Å². The van der Waals surface area contributed by atoms with Gasteiger partial charge in [-0.05, 0) is 32.7 Å². The summed E-state index contributed by atoms with van der Waals surface area (Å²) < 4.78 is 30.8. The minimum Gasteiger partial charge on any atom is -0.331 e. The van der Waals surface area contributed by atoms with Gasteiger partial charge in [0.25, 0.3) is 5.92 Å². The number of carbonyl (C=O) groups excluding carboxylic acids is 1. The zero-order valence-electron chi connectivity index (χ0n) is 16.0. The van der Waals surface area contributed by atoms with E-state index in [1.807, 2.05) is 6.92 Å². The van der Waals surface area contributed by atoms with Crippen LogP contribution in [0.1, 0.15) is 75.5 Å². The summed E-state index contributed by atoms with van der Waals surface area (Å²) >= 11 is 0. The van der Waals surface area contributed by atoms with Crippen LogP contribution in [0.3, 0.4) is 0 Å². The van der Waals surface area contributed by atoms with Crippen molar-refractivity contribution in [3.63, 3.8) is 0 Å². The molecule has 3 heterocycles. The third-order valence-electron chi connectivity index (χ3n) is 6.58. The van der Waals surface area contributed by atoms with Crippen LogP contribution >= 0.6 is 0 Å². The van der Waals surface area contributed by atoms with Gasteiger partial charge in [-0.25, -0.2) is 8.78 Å². The highest BCUT2D eigenvalue weighted by atomic mass is 19.3. The van der Waals surface area contributed by atoms with E-state index in [0.717, 1.165) is 24.5 Å². The van der Waals surface area contributed by atoms with Crippen LogP contribution in [0, 0.1) is 5.92 Å². The molecule has 0 bridgehead atoms. The lowest BCUT2D eigenvalue weighted by atomic mass is 9.92. The Morgan fingerprint density at radius 2 is 1.89 bits per heavy atom. The Kier molecular flexibility index (Phi) is 5.18. The summed E-state index contributed by atoms with van der Waals surface area (Å²) in [5, 5.41) is 11.8. The summed E-state index contributed by atoms with van der Waals surface area (Å²) in [6, 6.07) is -0.216. The van der Waals surface area contributed by atoms with Gasteiger partial charge in [0.2, 0.25) is 5.91 Å². The molecule has 6 nitrogen and oxygen atoms in total. The number of hydrogen-bond donors (Lipinski definition) is 1. The molecule has 4 rings (SSSR count). The molecule has 0 spiro atoms. The van der Waals surface area contributed by atoms with E-state index >= 15 is 0 Å². The predicted molar refractivity (Wildman–Crippen MR) is 96.5 cm³/mol. The van der Waals surface area contributed by atoms with Crippen molar-refractivity contribution in [3.8, 4) is 0 Å². The number of halogens is 2. The van der Waals surface area contributed by atoms with E-state index in [0.29, 0.717) is 38.5 Å². The van der Waals surface area contributed by atoms with E-state index in [-0.39, 0.29) is 24.8 Å². The fraction of sp³-hybridized carbons (Fsp3) is 0.842. The first-order valence-corrected chi connectivity index (χ1v) is 10.3. The number of hydrogen-bond acceptors (Lipinski definition) is 4. The number of alkyl halides is 2.